The smallest absolute Gasteiger partial charge is 0.339 e. The summed E-state index contributed by atoms with van der Waals surface area (Å²) in [6, 6.07) is 4.42. The molecular weight excluding hydrogens is 236 g/mol. The predicted octanol–water partition coefficient (Wildman–Crippen LogP) is 0.822. The molecule has 1 aromatic rings. The van der Waals surface area contributed by atoms with Crippen LogP contribution in [0.25, 0.3) is 0 Å². The first-order valence-corrected chi connectivity index (χ1v) is 5.34. The quantitative estimate of drug-likeness (QED) is 0.774. The standard InChI is InChI=1S/C12H16N2O4/c1-7(11(15)14(2)3)18-10-8(12(16)17)5-4-6-9(10)13/h4-7H,13H2,1-3H3,(H,16,17). The Bertz CT molecular complexity index is 471. The van der Waals surface area contributed by atoms with Crippen molar-refractivity contribution in [3.05, 3.63) is 23.8 Å². The summed E-state index contributed by atoms with van der Waals surface area (Å²) >= 11 is 0. The highest BCUT2D eigenvalue weighted by molar-refractivity contribution is 5.93. The number of carbonyl (C=O) groups is 2. The molecule has 6 heteroatoms. The molecule has 0 saturated carbocycles. The van der Waals surface area contributed by atoms with Crippen molar-refractivity contribution in [1.29, 1.82) is 0 Å². The molecular formula is C12H16N2O4. The second kappa shape index (κ2) is 5.39. The molecule has 1 amide bonds. The molecule has 6 nitrogen and oxygen atoms in total. The summed E-state index contributed by atoms with van der Waals surface area (Å²) in [5, 5.41) is 9.02. The maximum atomic E-state index is 11.7. The fourth-order valence-electron chi connectivity index (χ4n) is 1.45. The number of amides is 1. The van der Waals surface area contributed by atoms with Gasteiger partial charge in [0.15, 0.2) is 11.9 Å². The largest absolute Gasteiger partial charge is 0.478 e. The van der Waals surface area contributed by atoms with Crippen LogP contribution in [0.5, 0.6) is 5.75 Å². The SMILES string of the molecule is CC(Oc1c(N)cccc1C(=O)O)C(=O)N(C)C. The van der Waals surface area contributed by atoms with Gasteiger partial charge < -0.3 is 20.5 Å². The fourth-order valence-corrected chi connectivity index (χ4v) is 1.45. The summed E-state index contributed by atoms with van der Waals surface area (Å²) in [6.07, 6.45) is -0.803. The predicted molar refractivity (Wildman–Crippen MR) is 66.6 cm³/mol. The number of aromatic carboxylic acids is 1. The van der Waals surface area contributed by atoms with Crippen LogP contribution in [0, 0.1) is 0 Å². The molecule has 0 radical (unpaired) electrons. The highest BCUT2D eigenvalue weighted by Crippen LogP contribution is 2.27. The molecule has 0 aromatic heterocycles. The highest BCUT2D eigenvalue weighted by Gasteiger charge is 2.21. The first kappa shape index (κ1) is 13.8. The van der Waals surface area contributed by atoms with Crippen LogP contribution in [0.4, 0.5) is 5.69 Å². The third-order valence-corrected chi connectivity index (χ3v) is 2.36. The van der Waals surface area contributed by atoms with E-state index in [2.05, 4.69) is 0 Å². The molecule has 1 atom stereocenters. The summed E-state index contributed by atoms with van der Waals surface area (Å²) in [4.78, 5) is 24.0. The van der Waals surface area contributed by atoms with Crippen LogP contribution in [-0.2, 0) is 4.79 Å². The zero-order valence-electron chi connectivity index (χ0n) is 10.5. The number of likely N-dealkylation sites (N-methyl/N-ethyl adjacent to an activating group) is 1. The van der Waals surface area contributed by atoms with Gasteiger partial charge in [0.2, 0.25) is 0 Å². The molecule has 0 heterocycles. The van der Waals surface area contributed by atoms with Gasteiger partial charge in [-0.1, -0.05) is 6.07 Å². The minimum absolute atomic E-state index is 0.0210. The topological polar surface area (TPSA) is 92.9 Å². The Hall–Kier alpha value is -2.24. The number of nitrogen functional groups attached to an aromatic ring is 1. The van der Waals surface area contributed by atoms with Crippen molar-refractivity contribution in [2.45, 2.75) is 13.0 Å². The lowest BCUT2D eigenvalue weighted by Gasteiger charge is -2.20. The zero-order chi connectivity index (χ0) is 13.9. The number of hydrogen-bond acceptors (Lipinski definition) is 4. The molecule has 0 saturated heterocycles. The molecule has 98 valence electrons. The van der Waals surface area contributed by atoms with Crippen molar-refractivity contribution in [3.8, 4) is 5.75 Å². The molecule has 3 N–H and O–H groups in total. The van der Waals surface area contributed by atoms with Gasteiger partial charge in [-0.3, -0.25) is 4.79 Å². The van der Waals surface area contributed by atoms with E-state index in [-0.39, 0.29) is 22.9 Å². The Morgan fingerprint density at radius 3 is 2.50 bits per heavy atom. The second-order valence-electron chi connectivity index (χ2n) is 4.02. The lowest BCUT2D eigenvalue weighted by molar-refractivity contribution is -0.135. The van der Waals surface area contributed by atoms with Crippen molar-refractivity contribution in [2.75, 3.05) is 19.8 Å². The number of carboxylic acids is 1. The van der Waals surface area contributed by atoms with Gasteiger partial charge in [-0.15, -0.1) is 0 Å². The lowest BCUT2D eigenvalue weighted by Crippen LogP contribution is -2.35. The van der Waals surface area contributed by atoms with E-state index in [1.165, 1.54) is 23.1 Å². The first-order valence-electron chi connectivity index (χ1n) is 5.34. The van der Waals surface area contributed by atoms with Crippen LogP contribution in [0.15, 0.2) is 18.2 Å². The Kier molecular flexibility index (Phi) is 4.14. The van der Waals surface area contributed by atoms with E-state index in [9.17, 15) is 9.59 Å². The number of anilines is 1. The molecule has 0 bridgehead atoms. The monoisotopic (exact) mass is 252 g/mol. The van der Waals surface area contributed by atoms with Crippen LogP contribution in [0.2, 0.25) is 0 Å². The van der Waals surface area contributed by atoms with Gasteiger partial charge in [-0.05, 0) is 19.1 Å². The number of nitrogens with two attached hydrogens (primary N) is 1. The van der Waals surface area contributed by atoms with Crippen molar-refractivity contribution in [1.82, 2.24) is 4.90 Å². The fraction of sp³-hybridized carbons (Fsp3) is 0.333. The Labute approximate surface area is 105 Å². The van der Waals surface area contributed by atoms with Gasteiger partial charge in [-0.2, -0.15) is 0 Å². The number of carboxylic acid groups (broad SMARTS) is 1. The minimum Gasteiger partial charge on any atom is -0.478 e. The normalized spacial score (nSPS) is 11.7. The van der Waals surface area contributed by atoms with Crippen LogP contribution in [0.1, 0.15) is 17.3 Å². The first-order chi connectivity index (χ1) is 8.34. The molecule has 0 aliphatic heterocycles. The number of hydrogen-bond donors (Lipinski definition) is 2. The molecule has 1 rings (SSSR count). The highest BCUT2D eigenvalue weighted by atomic mass is 16.5. The van der Waals surface area contributed by atoms with Crippen molar-refractivity contribution >= 4 is 17.6 Å². The van der Waals surface area contributed by atoms with E-state index in [1.807, 2.05) is 0 Å². The van der Waals surface area contributed by atoms with Crippen molar-refractivity contribution in [3.63, 3.8) is 0 Å². The number of ether oxygens (including phenoxy) is 1. The van der Waals surface area contributed by atoms with Gasteiger partial charge in [0.05, 0.1) is 5.69 Å². The van der Waals surface area contributed by atoms with Crippen LogP contribution in [-0.4, -0.2) is 42.1 Å². The number of benzene rings is 1. The molecule has 0 aliphatic carbocycles. The van der Waals surface area contributed by atoms with E-state index in [0.29, 0.717) is 0 Å². The molecule has 0 aliphatic rings. The molecule has 1 aromatic carbocycles. The summed E-state index contributed by atoms with van der Waals surface area (Å²) in [7, 11) is 3.18. The van der Waals surface area contributed by atoms with Gasteiger partial charge in [0.1, 0.15) is 5.56 Å². The molecule has 0 spiro atoms. The Morgan fingerprint density at radius 1 is 1.39 bits per heavy atom. The third-order valence-electron chi connectivity index (χ3n) is 2.36. The molecule has 1 unspecified atom stereocenters. The summed E-state index contributed by atoms with van der Waals surface area (Å²) in [6.45, 7) is 1.54. The van der Waals surface area contributed by atoms with E-state index >= 15 is 0 Å². The average molecular weight is 252 g/mol. The van der Waals surface area contributed by atoms with Gasteiger partial charge in [0.25, 0.3) is 5.91 Å². The van der Waals surface area contributed by atoms with E-state index < -0.39 is 12.1 Å². The van der Waals surface area contributed by atoms with Crippen LogP contribution >= 0.6 is 0 Å². The summed E-state index contributed by atoms with van der Waals surface area (Å²) in [5.74, 6) is -1.40. The maximum absolute atomic E-state index is 11.7. The number of rotatable bonds is 4. The van der Waals surface area contributed by atoms with Crippen LogP contribution in [0.3, 0.4) is 0 Å². The molecule has 0 fully saturated rings. The lowest BCUT2D eigenvalue weighted by atomic mass is 10.1. The van der Waals surface area contributed by atoms with Gasteiger partial charge >= 0.3 is 5.97 Å². The van der Waals surface area contributed by atoms with Gasteiger partial charge in [0, 0.05) is 14.1 Å². The second-order valence-corrected chi connectivity index (χ2v) is 4.02. The zero-order valence-corrected chi connectivity index (χ0v) is 10.5. The third kappa shape index (κ3) is 2.91. The number of para-hydroxylation sites is 1. The summed E-state index contributed by atoms with van der Waals surface area (Å²) in [5.41, 5.74) is 5.80. The summed E-state index contributed by atoms with van der Waals surface area (Å²) < 4.78 is 5.36. The maximum Gasteiger partial charge on any atom is 0.339 e. The van der Waals surface area contributed by atoms with Gasteiger partial charge in [-0.25, -0.2) is 4.79 Å². The van der Waals surface area contributed by atoms with E-state index in [0.717, 1.165) is 0 Å². The van der Waals surface area contributed by atoms with Crippen molar-refractivity contribution in [2.24, 2.45) is 0 Å². The van der Waals surface area contributed by atoms with Crippen LogP contribution < -0.4 is 10.5 Å². The minimum atomic E-state index is -1.15. The Morgan fingerprint density at radius 2 is 2.00 bits per heavy atom. The number of carbonyl (C=O) groups excluding carboxylic acids is 1. The van der Waals surface area contributed by atoms with E-state index in [4.69, 9.17) is 15.6 Å². The number of nitrogens with zero attached hydrogens (tertiary/aromatic N) is 1. The Balaban J connectivity index is 3.04. The average Bonchev–Trinajstić information content (AvgIpc) is 2.30. The van der Waals surface area contributed by atoms with E-state index in [1.54, 1.807) is 21.0 Å². The molecule has 18 heavy (non-hydrogen) atoms. The van der Waals surface area contributed by atoms with Crippen molar-refractivity contribution < 1.29 is 19.4 Å².